The van der Waals surface area contributed by atoms with Crippen LogP contribution in [0.1, 0.15) is 5.56 Å². The first-order valence-electron chi connectivity index (χ1n) is 4.48. The second-order valence-corrected chi connectivity index (χ2v) is 3.16. The maximum atomic E-state index is 11.3. The molecule has 1 rings (SSSR count). The highest BCUT2D eigenvalue weighted by molar-refractivity contribution is 6.03. The molecular formula is C11H10NO4-. The van der Waals surface area contributed by atoms with Crippen LogP contribution in [-0.4, -0.2) is 17.0 Å². The summed E-state index contributed by atoms with van der Waals surface area (Å²) in [6.45, 7) is 1.78. The minimum Gasteiger partial charge on any atom is -0.871 e. The first-order valence-corrected chi connectivity index (χ1v) is 4.48. The summed E-state index contributed by atoms with van der Waals surface area (Å²) in [5, 5.41) is 21.9. The van der Waals surface area contributed by atoms with Crippen molar-refractivity contribution in [2.75, 3.05) is 5.32 Å². The standard InChI is InChI=1S/C11H11NO4/c1-7-2-3-9(13)8(6-7)12-10(14)4-5-11(15)16/h2-6,13H,1H3,(H,12,14)(H,15,16)/p-1/b5-4-. The molecule has 5 nitrogen and oxygen atoms in total. The van der Waals surface area contributed by atoms with E-state index in [9.17, 15) is 14.7 Å². The van der Waals surface area contributed by atoms with Gasteiger partial charge in [-0.2, -0.15) is 0 Å². The Morgan fingerprint density at radius 2 is 2.06 bits per heavy atom. The van der Waals surface area contributed by atoms with Crippen LogP contribution in [0, 0.1) is 6.92 Å². The second kappa shape index (κ2) is 4.97. The van der Waals surface area contributed by atoms with Gasteiger partial charge in [0.25, 0.3) is 0 Å². The van der Waals surface area contributed by atoms with Gasteiger partial charge in [0.05, 0.1) is 0 Å². The van der Waals surface area contributed by atoms with Crippen LogP contribution in [0.15, 0.2) is 30.4 Å². The van der Waals surface area contributed by atoms with Crippen molar-refractivity contribution in [3.05, 3.63) is 35.9 Å². The molecule has 0 spiro atoms. The zero-order valence-corrected chi connectivity index (χ0v) is 8.56. The van der Waals surface area contributed by atoms with E-state index < -0.39 is 11.9 Å². The van der Waals surface area contributed by atoms with Gasteiger partial charge in [0.1, 0.15) is 0 Å². The lowest BCUT2D eigenvalue weighted by molar-refractivity contribution is -0.267. The van der Waals surface area contributed by atoms with Crippen LogP contribution < -0.4 is 10.4 Å². The molecule has 0 aliphatic rings. The number of benzene rings is 1. The van der Waals surface area contributed by atoms with E-state index in [1.807, 2.05) is 0 Å². The van der Waals surface area contributed by atoms with E-state index in [2.05, 4.69) is 5.32 Å². The molecule has 16 heavy (non-hydrogen) atoms. The number of carbonyl (C=O) groups is 2. The highest BCUT2D eigenvalue weighted by Gasteiger charge is 2.00. The first kappa shape index (κ1) is 11.8. The molecule has 0 aliphatic heterocycles. The van der Waals surface area contributed by atoms with Gasteiger partial charge in [-0.05, 0) is 18.6 Å². The molecular weight excluding hydrogens is 210 g/mol. The van der Waals surface area contributed by atoms with Gasteiger partial charge in [-0.3, -0.25) is 4.79 Å². The zero-order chi connectivity index (χ0) is 12.1. The number of anilines is 1. The molecule has 0 heterocycles. The van der Waals surface area contributed by atoms with Crippen molar-refractivity contribution < 1.29 is 19.8 Å². The summed E-state index contributed by atoms with van der Waals surface area (Å²) in [4.78, 5) is 21.3. The van der Waals surface area contributed by atoms with Crippen molar-refractivity contribution in [2.24, 2.45) is 0 Å². The van der Waals surface area contributed by atoms with E-state index in [0.717, 1.165) is 11.6 Å². The molecule has 0 unspecified atom stereocenters. The van der Waals surface area contributed by atoms with Gasteiger partial charge in [0.15, 0.2) is 0 Å². The third-order valence-electron chi connectivity index (χ3n) is 1.77. The summed E-state index contributed by atoms with van der Waals surface area (Å²) in [7, 11) is 0. The van der Waals surface area contributed by atoms with E-state index >= 15 is 0 Å². The van der Waals surface area contributed by atoms with Gasteiger partial charge in [0.2, 0.25) is 5.91 Å². The summed E-state index contributed by atoms with van der Waals surface area (Å²) >= 11 is 0. The number of nitrogens with one attached hydrogen (secondary N) is 1. The van der Waals surface area contributed by atoms with Crippen molar-refractivity contribution >= 4 is 17.6 Å². The van der Waals surface area contributed by atoms with E-state index in [-0.39, 0.29) is 11.4 Å². The second-order valence-electron chi connectivity index (χ2n) is 3.16. The van der Waals surface area contributed by atoms with E-state index in [4.69, 9.17) is 5.11 Å². The molecule has 1 aromatic rings. The fraction of sp³-hybridized carbons (Fsp3) is 0.0909. The topological polar surface area (TPSA) is 89.5 Å². The van der Waals surface area contributed by atoms with Gasteiger partial charge in [-0.25, -0.2) is 4.79 Å². The predicted molar refractivity (Wildman–Crippen MR) is 56.0 cm³/mol. The summed E-state index contributed by atoms with van der Waals surface area (Å²) in [5.74, 6) is -2.19. The molecule has 0 saturated carbocycles. The van der Waals surface area contributed by atoms with E-state index in [1.165, 1.54) is 12.1 Å². The Balaban J connectivity index is 2.77. The van der Waals surface area contributed by atoms with Gasteiger partial charge in [0, 0.05) is 17.8 Å². The average Bonchev–Trinajstić information content (AvgIpc) is 2.20. The van der Waals surface area contributed by atoms with Crippen molar-refractivity contribution in [3.63, 3.8) is 0 Å². The smallest absolute Gasteiger partial charge is 0.328 e. The molecule has 2 N–H and O–H groups in total. The molecule has 1 aromatic carbocycles. The van der Waals surface area contributed by atoms with Gasteiger partial charge >= 0.3 is 5.97 Å². The fourth-order valence-electron chi connectivity index (χ4n) is 1.06. The largest absolute Gasteiger partial charge is 0.871 e. The van der Waals surface area contributed by atoms with Gasteiger partial charge in [-0.1, -0.05) is 17.9 Å². The molecule has 1 amide bonds. The highest BCUT2D eigenvalue weighted by atomic mass is 16.4. The first-order chi connectivity index (χ1) is 7.49. The fourth-order valence-corrected chi connectivity index (χ4v) is 1.06. The number of hydrogen-bond acceptors (Lipinski definition) is 3. The molecule has 0 bridgehead atoms. The lowest BCUT2D eigenvalue weighted by Crippen LogP contribution is -2.11. The van der Waals surface area contributed by atoms with E-state index in [1.54, 1.807) is 13.0 Å². The van der Waals surface area contributed by atoms with Crippen LogP contribution in [0.5, 0.6) is 5.75 Å². The monoisotopic (exact) mass is 220 g/mol. The number of aliphatic carboxylic acids is 1. The number of amides is 1. The summed E-state index contributed by atoms with van der Waals surface area (Å²) in [6, 6.07) is 4.49. The Morgan fingerprint density at radius 1 is 1.38 bits per heavy atom. The molecule has 5 heteroatoms. The molecule has 0 atom stereocenters. The summed E-state index contributed by atoms with van der Waals surface area (Å²) in [6.07, 6.45) is 1.56. The van der Waals surface area contributed by atoms with Crippen LogP contribution >= 0.6 is 0 Å². The Bertz CT molecular complexity index is 451. The third kappa shape index (κ3) is 3.45. The van der Waals surface area contributed by atoms with Gasteiger partial charge in [-0.15, -0.1) is 0 Å². The quantitative estimate of drug-likeness (QED) is 0.732. The lowest BCUT2D eigenvalue weighted by Gasteiger charge is -2.13. The number of carboxylic acid groups (broad SMARTS) is 1. The summed E-state index contributed by atoms with van der Waals surface area (Å²) < 4.78 is 0. The molecule has 0 aliphatic carbocycles. The van der Waals surface area contributed by atoms with Crippen LogP contribution in [0.25, 0.3) is 0 Å². The average molecular weight is 220 g/mol. The molecule has 0 aromatic heterocycles. The number of carboxylic acids is 1. The van der Waals surface area contributed by atoms with E-state index in [0.29, 0.717) is 6.08 Å². The van der Waals surface area contributed by atoms with Crippen molar-refractivity contribution in [3.8, 4) is 5.75 Å². The van der Waals surface area contributed by atoms with Crippen LogP contribution in [-0.2, 0) is 9.59 Å². The Morgan fingerprint density at radius 3 is 2.69 bits per heavy atom. The Hall–Kier alpha value is -2.30. The van der Waals surface area contributed by atoms with Crippen molar-refractivity contribution in [1.29, 1.82) is 0 Å². The number of rotatable bonds is 3. The predicted octanol–water partition coefficient (Wildman–Crippen LogP) is 0.648. The highest BCUT2D eigenvalue weighted by Crippen LogP contribution is 2.20. The summed E-state index contributed by atoms with van der Waals surface area (Å²) in [5.41, 5.74) is 0.970. The SMILES string of the molecule is Cc1ccc([O-])c(NC(=O)/C=C\C(=O)O)c1. The minimum atomic E-state index is -1.22. The lowest BCUT2D eigenvalue weighted by atomic mass is 10.2. The van der Waals surface area contributed by atoms with Crippen molar-refractivity contribution in [2.45, 2.75) is 6.92 Å². The van der Waals surface area contributed by atoms with Crippen LogP contribution in [0.3, 0.4) is 0 Å². The van der Waals surface area contributed by atoms with Crippen molar-refractivity contribution in [1.82, 2.24) is 0 Å². The normalized spacial score (nSPS) is 10.3. The minimum absolute atomic E-state index is 0.139. The Kier molecular flexibility index (Phi) is 3.66. The van der Waals surface area contributed by atoms with Gasteiger partial charge < -0.3 is 15.5 Å². The molecule has 84 valence electrons. The number of carbonyl (C=O) groups excluding carboxylic acids is 1. The number of hydrogen-bond donors (Lipinski definition) is 2. The molecule has 0 radical (unpaired) electrons. The molecule has 0 saturated heterocycles. The number of aryl methyl sites for hydroxylation is 1. The third-order valence-corrected chi connectivity index (χ3v) is 1.77. The maximum Gasteiger partial charge on any atom is 0.328 e. The van der Waals surface area contributed by atoms with Crippen LogP contribution in [0.2, 0.25) is 0 Å². The maximum absolute atomic E-state index is 11.3. The molecule has 0 fully saturated rings. The zero-order valence-electron chi connectivity index (χ0n) is 8.56. The Labute approximate surface area is 92.0 Å². The van der Waals surface area contributed by atoms with Crippen LogP contribution in [0.4, 0.5) is 5.69 Å².